The van der Waals surface area contributed by atoms with Crippen molar-refractivity contribution in [3.63, 3.8) is 0 Å². The summed E-state index contributed by atoms with van der Waals surface area (Å²) >= 11 is 0. The van der Waals surface area contributed by atoms with E-state index in [0.29, 0.717) is 0 Å². The molecule has 0 amide bonds. The largest absolute Gasteiger partial charge is 0.289 e. The third kappa shape index (κ3) is 1.51. The van der Waals surface area contributed by atoms with Crippen molar-refractivity contribution < 1.29 is 0 Å². The fourth-order valence-corrected chi connectivity index (χ4v) is 1.80. The molecular formula is C12H15N. The maximum atomic E-state index is 4.46. The third-order valence-electron chi connectivity index (χ3n) is 2.78. The van der Waals surface area contributed by atoms with Crippen molar-refractivity contribution in [1.29, 1.82) is 0 Å². The van der Waals surface area contributed by atoms with E-state index >= 15 is 0 Å². The lowest BCUT2D eigenvalue weighted by atomic mass is 9.94. The zero-order valence-corrected chi connectivity index (χ0v) is 8.52. The van der Waals surface area contributed by atoms with Gasteiger partial charge in [0.15, 0.2) is 0 Å². The first-order chi connectivity index (χ1) is 6.16. The van der Waals surface area contributed by atoms with Crippen LogP contribution >= 0.6 is 0 Å². The van der Waals surface area contributed by atoms with E-state index < -0.39 is 0 Å². The van der Waals surface area contributed by atoms with E-state index in [0.717, 1.165) is 13.0 Å². The average molecular weight is 173 g/mol. The van der Waals surface area contributed by atoms with Crippen LogP contribution in [0.2, 0.25) is 0 Å². The molecule has 0 N–H and O–H groups in total. The number of hydrogen-bond acceptors (Lipinski definition) is 1. The minimum absolute atomic E-state index is 0.877. The van der Waals surface area contributed by atoms with Gasteiger partial charge in [0.2, 0.25) is 0 Å². The monoisotopic (exact) mass is 173 g/mol. The van der Waals surface area contributed by atoms with Gasteiger partial charge in [-0.1, -0.05) is 12.1 Å². The van der Waals surface area contributed by atoms with E-state index in [-0.39, 0.29) is 0 Å². The van der Waals surface area contributed by atoms with Crippen molar-refractivity contribution in [2.45, 2.75) is 33.7 Å². The molecule has 0 saturated carbocycles. The standard InChI is InChI=1S/C12H15N/c1-8-4-11-6-10(3)13-7-12(11)5-9(8)2/h4-5H,6-7H2,1-3H3. The SMILES string of the molecule is CC1=NCc2cc(C)c(C)cc2C1. The van der Waals surface area contributed by atoms with Gasteiger partial charge in [-0.15, -0.1) is 0 Å². The summed E-state index contributed by atoms with van der Waals surface area (Å²) in [5.41, 5.74) is 6.92. The van der Waals surface area contributed by atoms with E-state index in [1.54, 1.807) is 0 Å². The Morgan fingerprint density at radius 1 is 1.00 bits per heavy atom. The van der Waals surface area contributed by atoms with Gasteiger partial charge in [-0.3, -0.25) is 4.99 Å². The predicted octanol–water partition coefficient (Wildman–Crippen LogP) is 2.82. The molecule has 68 valence electrons. The molecule has 13 heavy (non-hydrogen) atoms. The smallest absolute Gasteiger partial charge is 0.0642 e. The molecule has 1 heterocycles. The molecule has 1 aliphatic heterocycles. The minimum atomic E-state index is 0.877. The molecule has 0 fully saturated rings. The summed E-state index contributed by atoms with van der Waals surface area (Å²) in [6.07, 6.45) is 1.04. The van der Waals surface area contributed by atoms with Crippen LogP contribution in [0.1, 0.15) is 29.2 Å². The van der Waals surface area contributed by atoms with Gasteiger partial charge in [0.05, 0.1) is 6.54 Å². The molecule has 1 aliphatic rings. The Kier molecular flexibility index (Phi) is 1.95. The fourth-order valence-electron chi connectivity index (χ4n) is 1.80. The normalized spacial score (nSPS) is 15.2. The number of aryl methyl sites for hydroxylation is 2. The topological polar surface area (TPSA) is 12.4 Å². The highest BCUT2D eigenvalue weighted by atomic mass is 14.7. The Bertz CT molecular complexity index is 375. The van der Waals surface area contributed by atoms with Gasteiger partial charge in [0, 0.05) is 12.1 Å². The van der Waals surface area contributed by atoms with Crippen LogP contribution in [0.3, 0.4) is 0 Å². The maximum Gasteiger partial charge on any atom is 0.0642 e. The number of aliphatic imine (C=N–C) groups is 1. The van der Waals surface area contributed by atoms with Gasteiger partial charge in [-0.25, -0.2) is 0 Å². The Hall–Kier alpha value is -1.11. The van der Waals surface area contributed by atoms with Crippen LogP contribution in [0.5, 0.6) is 0 Å². The number of hydrogen-bond donors (Lipinski definition) is 0. The lowest BCUT2D eigenvalue weighted by molar-refractivity contribution is 0.974. The van der Waals surface area contributed by atoms with Gasteiger partial charge in [0.25, 0.3) is 0 Å². The highest BCUT2D eigenvalue weighted by Gasteiger charge is 2.10. The highest BCUT2D eigenvalue weighted by Crippen LogP contribution is 2.21. The molecule has 0 bridgehead atoms. The molecule has 1 heteroatoms. The second-order valence-corrected chi connectivity index (χ2v) is 3.93. The second kappa shape index (κ2) is 2.99. The molecular weight excluding hydrogens is 158 g/mol. The van der Waals surface area contributed by atoms with Crippen molar-refractivity contribution in [2.75, 3.05) is 0 Å². The Labute approximate surface area is 79.5 Å². The lowest BCUT2D eigenvalue weighted by Gasteiger charge is -2.16. The number of benzene rings is 1. The first-order valence-corrected chi connectivity index (χ1v) is 4.76. The molecule has 2 rings (SSSR count). The molecule has 0 aromatic heterocycles. The fraction of sp³-hybridized carbons (Fsp3) is 0.417. The summed E-state index contributed by atoms with van der Waals surface area (Å²) in [6.45, 7) is 7.33. The minimum Gasteiger partial charge on any atom is -0.289 e. The molecule has 1 nitrogen and oxygen atoms in total. The Balaban J connectivity index is 2.48. The van der Waals surface area contributed by atoms with Crippen LogP contribution in [-0.2, 0) is 13.0 Å². The summed E-state index contributed by atoms with van der Waals surface area (Å²) in [5.74, 6) is 0. The molecule has 1 aromatic carbocycles. The van der Waals surface area contributed by atoms with Gasteiger partial charge in [0.1, 0.15) is 0 Å². The zero-order chi connectivity index (χ0) is 9.42. The lowest BCUT2D eigenvalue weighted by Crippen LogP contribution is -2.08. The molecule has 0 atom stereocenters. The van der Waals surface area contributed by atoms with Crippen LogP contribution in [0.25, 0.3) is 0 Å². The van der Waals surface area contributed by atoms with Crippen molar-refractivity contribution in [2.24, 2.45) is 4.99 Å². The Morgan fingerprint density at radius 2 is 1.62 bits per heavy atom. The molecule has 0 radical (unpaired) electrons. The first-order valence-electron chi connectivity index (χ1n) is 4.76. The van der Waals surface area contributed by atoms with E-state index in [9.17, 15) is 0 Å². The maximum absolute atomic E-state index is 4.46. The predicted molar refractivity (Wildman–Crippen MR) is 56.4 cm³/mol. The van der Waals surface area contributed by atoms with E-state index in [4.69, 9.17) is 0 Å². The van der Waals surface area contributed by atoms with Crippen LogP contribution in [-0.4, -0.2) is 5.71 Å². The summed E-state index contributed by atoms with van der Waals surface area (Å²) in [5, 5.41) is 0. The highest BCUT2D eigenvalue weighted by molar-refractivity contribution is 5.85. The molecule has 0 saturated heterocycles. The van der Waals surface area contributed by atoms with Gasteiger partial charge in [-0.05, 0) is 43.0 Å². The molecule has 0 spiro atoms. The third-order valence-corrected chi connectivity index (χ3v) is 2.78. The quantitative estimate of drug-likeness (QED) is 0.572. The second-order valence-electron chi connectivity index (χ2n) is 3.93. The summed E-state index contributed by atoms with van der Waals surface area (Å²) in [6, 6.07) is 4.59. The van der Waals surface area contributed by atoms with Crippen molar-refractivity contribution >= 4 is 5.71 Å². The van der Waals surface area contributed by atoms with Crippen molar-refractivity contribution in [3.05, 3.63) is 34.4 Å². The van der Waals surface area contributed by atoms with Crippen LogP contribution in [0, 0.1) is 13.8 Å². The van der Waals surface area contributed by atoms with E-state index in [1.165, 1.54) is 28.0 Å². The molecule has 0 unspecified atom stereocenters. The van der Waals surface area contributed by atoms with Crippen LogP contribution in [0.15, 0.2) is 17.1 Å². The number of fused-ring (bicyclic) bond motifs is 1. The van der Waals surface area contributed by atoms with E-state index in [2.05, 4.69) is 37.9 Å². The van der Waals surface area contributed by atoms with Crippen LogP contribution in [0.4, 0.5) is 0 Å². The Morgan fingerprint density at radius 3 is 2.31 bits per heavy atom. The summed E-state index contributed by atoms with van der Waals surface area (Å²) in [7, 11) is 0. The van der Waals surface area contributed by atoms with E-state index in [1.807, 2.05) is 0 Å². The number of nitrogens with zero attached hydrogens (tertiary/aromatic N) is 1. The van der Waals surface area contributed by atoms with Gasteiger partial charge >= 0.3 is 0 Å². The van der Waals surface area contributed by atoms with Crippen LogP contribution < -0.4 is 0 Å². The summed E-state index contributed by atoms with van der Waals surface area (Å²) < 4.78 is 0. The molecule has 1 aromatic rings. The zero-order valence-electron chi connectivity index (χ0n) is 8.52. The number of rotatable bonds is 0. The van der Waals surface area contributed by atoms with Gasteiger partial charge < -0.3 is 0 Å². The van der Waals surface area contributed by atoms with Crippen molar-refractivity contribution in [3.8, 4) is 0 Å². The van der Waals surface area contributed by atoms with Gasteiger partial charge in [-0.2, -0.15) is 0 Å². The van der Waals surface area contributed by atoms with Crippen molar-refractivity contribution in [1.82, 2.24) is 0 Å². The average Bonchev–Trinajstić information content (AvgIpc) is 2.08. The molecule has 0 aliphatic carbocycles. The first kappa shape index (κ1) is 8.49. The summed E-state index contributed by atoms with van der Waals surface area (Å²) in [4.78, 5) is 4.46.